The number of nitrogens with one attached hydrogen (secondary N) is 1. The zero-order valence-corrected chi connectivity index (χ0v) is 13.6. The predicted molar refractivity (Wildman–Crippen MR) is 88.2 cm³/mol. The summed E-state index contributed by atoms with van der Waals surface area (Å²) in [5.74, 6) is 0.461. The van der Waals surface area contributed by atoms with Crippen LogP contribution in [-0.4, -0.2) is 17.1 Å². The van der Waals surface area contributed by atoms with Gasteiger partial charge < -0.3 is 10.3 Å². The van der Waals surface area contributed by atoms with Gasteiger partial charge in [0.2, 0.25) is 5.91 Å². The number of carbonyl (C=O) groups is 2. The molecule has 1 heterocycles. The monoisotopic (exact) mass is 316 g/mol. The first-order chi connectivity index (χ1) is 10.7. The lowest BCUT2D eigenvalue weighted by Crippen LogP contribution is -2.38. The molecule has 0 bridgehead atoms. The molecule has 0 aliphatic carbocycles. The number of aromatic nitrogens is 1. The maximum absolute atomic E-state index is 12.4. The molecule has 122 valence electrons. The molecule has 0 aliphatic rings. The van der Waals surface area contributed by atoms with Gasteiger partial charge in [-0.2, -0.15) is 0 Å². The zero-order chi connectivity index (χ0) is 17.2. The molecule has 0 saturated carbocycles. The van der Waals surface area contributed by atoms with Crippen LogP contribution in [0.5, 0.6) is 0 Å². The first-order valence-corrected chi connectivity index (χ1v) is 7.13. The number of anilines is 3. The van der Waals surface area contributed by atoms with Crippen molar-refractivity contribution < 1.29 is 14.1 Å². The van der Waals surface area contributed by atoms with Crippen molar-refractivity contribution in [2.45, 2.75) is 33.1 Å². The molecule has 3 amide bonds. The molecule has 23 heavy (non-hydrogen) atoms. The van der Waals surface area contributed by atoms with E-state index >= 15 is 0 Å². The largest absolute Gasteiger partial charge is 0.399 e. The minimum atomic E-state index is -0.615. The third-order valence-corrected chi connectivity index (χ3v) is 3.15. The normalized spacial score (nSPS) is 11.1. The van der Waals surface area contributed by atoms with Crippen LogP contribution in [0.2, 0.25) is 0 Å². The van der Waals surface area contributed by atoms with Gasteiger partial charge in [0.1, 0.15) is 5.76 Å². The van der Waals surface area contributed by atoms with Crippen molar-refractivity contribution in [3.8, 4) is 0 Å². The Hall–Kier alpha value is -2.83. The number of benzene rings is 1. The molecular formula is C16H20N4O3. The smallest absolute Gasteiger partial charge is 0.334 e. The van der Waals surface area contributed by atoms with Crippen LogP contribution < -0.4 is 16.0 Å². The SMILES string of the molecule is CC(=O)N(C(=O)Nc1cc(C(C)(C)C)on1)c1ccc(N)cc1. The number of amides is 3. The van der Waals surface area contributed by atoms with E-state index in [4.69, 9.17) is 10.3 Å². The summed E-state index contributed by atoms with van der Waals surface area (Å²) < 4.78 is 5.21. The maximum Gasteiger partial charge on any atom is 0.334 e. The van der Waals surface area contributed by atoms with Crippen LogP contribution in [0.3, 0.4) is 0 Å². The van der Waals surface area contributed by atoms with Gasteiger partial charge >= 0.3 is 6.03 Å². The molecule has 2 aromatic rings. The summed E-state index contributed by atoms with van der Waals surface area (Å²) in [6.07, 6.45) is 0. The highest BCUT2D eigenvalue weighted by Crippen LogP contribution is 2.25. The van der Waals surface area contributed by atoms with Crippen molar-refractivity contribution in [2.75, 3.05) is 16.0 Å². The standard InChI is InChI=1S/C16H20N4O3/c1-10(21)20(12-7-5-11(17)6-8-12)15(22)18-14-9-13(23-19-14)16(2,3)4/h5-9H,17H2,1-4H3,(H,18,19,22). The molecule has 0 atom stereocenters. The number of nitrogens with zero attached hydrogens (tertiary/aromatic N) is 2. The molecule has 0 unspecified atom stereocenters. The molecule has 0 radical (unpaired) electrons. The second kappa shape index (κ2) is 6.12. The Balaban J connectivity index is 2.21. The second-order valence-corrected chi connectivity index (χ2v) is 6.20. The fourth-order valence-corrected chi connectivity index (χ4v) is 1.92. The highest BCUT2D eigenvalue weighted by molar-refractivity contribution is 6.17. The van der Waals surface area contributed by atoms with Crippen LogP contribution in [-0.2, 0) is 10.2 Å². The zero-order valence-electron chi connectivity index (χ0n) is 13.6. The van der Waals surface area contributed by atoms with Crippen LogP contribution in [0.4, 0.5) is 22.0 Å². The third-order valence-electron chi connectivity index (χ3n) is 3.15. The molecule has 1 aromatic carbocycles. The summed E-state index contributed by atoms with van der Waals surface area (Å²) in [7, 11) is 0. The van der Waals surface area contributed by atoms with Crippen LogP contribution in [0, 0.1) is 0 Å². The number of nitrogens with two attached hydrogens (primary N) is 1. The van der Waals surface area contributed by atoms with E-state index in [0.29, 0.717) is 17.1 Å². The van der Waals surface area contributed by atoms with E-state index < -0.39 is 11.9 Å². The summed E-state index contributed by atoms with van der Waals surface area (Å²) in [6.45, 7) is 7.21. The van der Waals surface area contributed by atoms with E-state index in [1.165, 1.54) is 6.92 Å². The summed E-state index contributed by atoms with van der Waals surface area (Å²) in [5.41, 5.74) is 6.36. The summed E-state index contributed by atoms with van der Waals surface area (Å²) >= 11 is 0. The van der Waals surface area contributed by atoms with Crippen LogP contribution in [0.1, 0.15) is 33.5 Å². The average Bonchev–Trinajstić information content (AvgIpc) is 2.89. The van der Waals surface area contributed by atoms with Gasteiger partial charge in [-0.3, -0.25) is 10.1 Å². The fraction of sp³-hybridized carbons (Fsp3) is 0.312. The van der Waals surface area contributed by atoms with E-state index in [-0.39, 0.29) is 11.2 Å². The van der Waals surface area contributed by atoms with Crippen molar-refractivity contribution in [3.63, 3.8) is 0 Å². The molecular weight excluding hydrogens is 296 g/mol. The Morgan fingerprint density at radius 2 is 1.83 bits per heavy atom. The number of carbonyl (C=O) groups excluding carboxylic acids is 2. The number of hydrogen-bond donors (Lipinski definition) is 2. The lowest BCUT2D eigenvalue weighted by molar-refractivity contribution is -0.115. The Bertz CT molecular complexity index is 714. The van der Waals surface area contributed by atoms with Crippen molar-refractivity contribution in [1.82, 2.24) is 5.16 Å². The number of rotatable bonds is 2. The molecule has 0 spiro atoms. The maximum atomic E-state index is 12.4. The summed E-state index contributed by atoms with van der Waals surface area (Å²) in [4.78, 5) is 25.2. The number of nitrogen functional groups attached to an aromatic ring is 1. The van der Waals surface area contributed by atoms with Gasteiger partial charge in [-0.1, -0.05) is 25.9 Å². The van der Waals surface area contributed by atoms with Gasteiger partial charge in [0, 0.05) is 24.1 Å². The molecule has 7 heteroatoms. The first kappa shape index (κ1) is 16.5. The first-order valence-electron chi connectivity index (χ1n) is 7.13. The van der Waals surface area contributed by atoms with E-state index in [1.54, 1.807) is 30.3 Å². The van der Waals surface area contributed by atoms with Gasteiger partial charge in [0.25, 0.3) is 0 Å². The highest BCUT2D eigenvalue weighted by atomic mass is 16.5. The van der Waals surface area contributed by atoms with Gasteiger partial charge in [-0.15, -0.1) is 0 Å². The quantitative estimate of drug-likeness (QED) is 0.829. The van der Waals surface area contributed by atoms with Crippen molar-refractivity contribution in [1.29, 1.82) is 0 Å². The minimum absolute atomic E-state index is 0.229. The predicted octanol–water partition coefficient (Wildman–Crippen LogP) is 3.14. The molecule has 1 aromatic heterocycles. The lowest BCUT2D eigenvalue weighted by Gasteiger charge is -2.19. The second-order valence-electron chi connectivity index (χ2n) is 6.20. The van der Waals surface area contributed by atoms with Gasteiger partial charge in [0.05, 0.1) is 5.69 Å². The minimum Gasteiger partial charge on any atom is -0.399 e. The molecule has 0 saturated heterocycles. The Morgan fingerprint density at radius 1 is 1.22 bits per heavy atom. The van der Waals surface area contributed by atoms with Gasteiger partial charge in [-0.05, 0) is 24.3 Å². The summed E-state index contributed by atoms with van der Waals surface area (Å²) in [5, 5.41) is 6.37. The summed E-state index contributed by atoms with van der Waals surface area (Å²) in [6, 6.07) is 7.45. The van der Waals surface area contributed by atoms with E-state index in [9.17, 15) is 9.59 Å². The Kier molecular flexibility index (Phi) is 4.40. The Morgan fingerprint density at radius 3 is 2.30 bits per heavy atom. The van der Waals surface area contributed by atoms with E-state index in [1.807, 2.05) is 20.8 Å². The number of imide groups is 1. The average molecular weight is 316 g/mol. The van der Waals surface area contributed by atoms with Gasteiger partial charge in [-0.25, -0.2) is 9.69 Å². The molecule has 0 fully saturated rings. The molecule has 3 N–H and O–H groups in total. The third kappa shape index (κ3) is 3.88. The van der Waals surface area contributed by atoms with Crippen LogP contribution in [0.25, 0.3) is 0 Å². The highest BCUT2D eigenvalue weighted by Gasteiger charge is 2.24. The van der Waals surface area contributed by atoms with Crippen molar-refractivity contribution >= 4 is 29.1 Å². The van der Waals surface area contributed by atoms with Crippen molar-refractivity contribution in [2.24, 2.45) is 0 Å². The number of urea groups is 1. The van der Waals surface area contributed by atoms with Crippen LogP contribution >= 0.6 is 0 Å². The van der Waals surface area contributed by atoms with E-state index in [2.05, 4.69) is 10.5 Å². The van der Waals surface area contributed by atoms with Gasteiger partial charge in [0.15, 0.2) is 5.82 Å². The molecule has 0 aliphatic heterocycles. The van der Waals surface area contributed by atoms with Crippen molar-refractivity contribution in [3.05, 3.63) is 36.1 Å². The topological polar surface area (TPSA) is 101 Å². The van der Waals surface area contributed by atoms with E-state index in [0.717, 1.165) is 4.90 Å². The van der Waals surface area contributed by atoms with Crippen LogP contribution in [0.15, 0.2) is 34.9 Å². The molecule has 2 rings (SSSR count). The molecule has 7 nitrogen and oxygen atoms in total. The Labute approximate surface area is 134 Å². The fourth-order valence-electron chi connectivity index (χ4n) is 1.92. The number of hydrogen-bond acceptors (Lipinski definition) is 5. The lowest BCUT2D eigenvalue weighted by atomic mass is 9.93.